The van der Waals surface area contributed by atoms with Crippen LogP contribution in [0.4, 0.5) is 4.79 Å². The third-order valence-electron chi connectivity index (χ3n) is 5.46. The highest BCUT2D eigenvalue weighted by atomic mass is 35.5. The molecular weight excluding hydrogens is 384 g/mol. The monoisotopic (exact) mass is 410 g/mol. The van der Waals surface area contributed by atoms with Crippen molar-refractivity contribution in [1.29, 1.82) is 0 Å². The van der Waals surface area contributed by atoms with Crippen LogP contribution in [0, 0.1) is 0 Å². The third kappa shape index (κ3) is 3.93. The molecule has 0 radical (unpaired) electrons. The van der Waals surface area contributed by atoms with Gasteiger partial charge < -0.3 is 20.7 Å². The maximum absolute atomic E-state index is 13.0. The fraction of sp³-hybridized carbons (Fsp3) is 0.526. The van der Waals surface area contributed by atoms with Crippen LogP contribution in [-0.4, -0.2) is 60.4 Å². The second-order valence-corrected chi connectivity index (χ2v) is 7.15. The molecule has 28 heavy (non-hydrogen) atoms. The zero-order valence-corrected chi connectivity index (χ0v) is 17.0. The lowest BCUT2D eigenvalue weighted by Gasteiger charge is -2.35. The van der Waals surface area contributed by atoms with E-state index < -0.39 is 17.5 Å². The first kappa shape index (κ1) is 22.0. The normalized spacial score (nSPS) is 24.6. The van der Waals surface area contributed by atoms with E-state index in [9.17, 15) is 14.4 Å². The molecule has 8 nitrogen and oxygen atoms in total. The summed E-state index contributed by atoms with van der Waals surface area (Å²) in [4.78, 5) is 40.8. The number of ether oxygens (including phenoxy) is 1. The zero-order chi connectivity index (χ0) is 19.6. The Labute approximate surface area is 170 Å². The number of nitrogens with zero attached hydrogens (tertiary/aromatic N) is 2. The van der Waals surface area contributed by atoms with Gasteiger partial charge in [0.05, 0.1) is 7.11 Å². The van der Waals surface area contributed by atoms with Gasteiger partial charge in [-0.2, -0.15) is 0 Å². The molecule has 4 amide bonds. The van der Waals surface area contributed by atoms with Gasteiger partial charge in [0.15, 0.2) is 0 Å². The zero-order valence-electron chi connectivity index (χ0n) is 16.1. The Hall–Kier alpha value is -2.32. The second-order valence-electron chi connectivity index (χ2n) is 7.15. The van der Waals surface area contributed by atoms with E-state index in [-0.39, 0.29) is 30.9 Å². The van der Waals surface area contributed by atoms with Crippen LogP contribution in [-0.2, 0) is 15.1 Å². The van der Waals surface area contributed by atoms with E-state index in [2.05, 4.69) is 5.32 Å². The predicted octanol–water partition coefficient (Wildman–Crippen LogP) is 1.22. The van der Waals surface area contributed by atoms with Gasteiger partial charge in [-0.15, -0.1) is 12.4 Å². The fourth-order valence-corrected chi connectivity index (χ4v) is 3.76. The molecule has 154 valence electrons. The lowest BCUT2D eigenvalue weighted by Crippen LogP contribution is -2.51. The molecule has 9 heteroatoms. The summed E-state index contributed by atoms with van der Waals surface area (Å²) in [5, 5.41) is 2.72. The molecule has 2 heterocycles. The van der Waals surface area contributed by atoms with Crippen LogP contribution in [0.25, 0.3) is 0 Å². The molecule has 3 rings (SSSR count). The number of methoxy groups -OCH3 is 1. The van der Waals surface area contributed by atoms with Crippen LogP contribution < -0.4 is 15.8 Å². The van der Waals surface area contributed by atoms with Crippen molar-refractivity contribution in [2.24, 2.45) is 5.73 Å². The van der Waals surface area contributed by atoms with Crippen molar-refractivity contribution in [3.63, 3.8) is 0 Å². The van der Waals surface area contributed by atoms with E-state index in [0.717, 1.165) is 24.2 Å². The topological polar surface area (TPSA) is 105 Å². The van der Waals surface area contributed by atoms with Crippen molar-refractivity contribution >= 4 is 30.3 Å². The second kappa shape index (κ2) is 8.79. The van der Waals surface area contributed by atoms with Crippen LogP contribution in [0.15, 0.2) is 24.3 Å². The van der Waals surface area contributed by atoms with Crippen LogP contribution in [0.2, 0.25) is 0 Å². The first-order valence-corrected chi connectivity index (χ1v) is 9.19. The molecular formula is C19H27ClN4O4. The number of carbonyl (C=O) groups is 3. The maximum Gasteiger partial charge on any atom is 0.325 e. The van der Waals surface area contributed by atoms with Gasteiger partial charge in [-0.05, 0) is 43.9 Å². The van der Waals surface area contributed by atoms with Crippen molar-refractivity contribution in [2.75, 3.05) is 26.7 Å². The molecule has 2 unspecified atom stereocenters. The van der Waals surface area contributed by atoms with Gasteiger partial charge in [-0.3, -0.25) is 14.5 Å². The quantitative estimate of drug-likeness (QED) is 0.710. The number of carbonyl (C=O) groups excluding carboxylic acids is 3. The number of likely N-dealkylation sites (tertiary alicyclic amines) is 1. The van der Waals surface area contributed by atoms with Crippen molar-refractivity contribution in [1.82, 2.24) is 15.1 Å². The Bertz CT molecular complexity index is 742. The minimum absolute atomic E-state index is 0. The molecule has 0 aromatic heterocycles. The molecule has 2 saturated heterocycles. The van der Waals surface area contributed by atoms with Crippen molar-refractivity contribution in [3.8, 4) is 5.75 Å². The SMILES string of the molecule is COc1ccc(C2(C)NC(=O)N(CC(=O)N3CCCCC3CN)C2=O)cc1.Cl. The van der Waals surface area contributed by atoms with E-state index in [4.69, 9.17) is 10.5 Å². The lowest BCUT2D eigenvalue weighted by molar-refractivity contribution is -0.141. The first-order chi connectivity index (χ1) is 12.9. The molecule has 1 aromatic carbocycles. The summed E-state index contributed by atoms with van der Waals surface area (Å²) < 4.78 is 5.13. The van der Waals surface area contributed by atoms with E-state index in [1.54, 1.807) is 43.2 Å². The number of benzene rings is 1. The molecule has 0 spiro atoms. The van der Waals surface area contributed by atoms with Gasteiger partial charge >= 0.3 is 6.03 Å². The Balaban J connectivity index is 0.00000280. The van der Waals surface area contributed by atoms with Crippen molar-refractivity contribution < 1.29 is 19.1 Å². The average molecular weight is 411 g/mol. The first-order valence-electron chi connectivity index (χ1n) is 9.19. The Morgan fingerprint density at radius 2 is 1.96 bits per heavy atom. The van der Waals surface area contributed by atoms with Crippen LogP contribution in [0.5, 0.6) is 5.75 Å². The Morgan fingerprint density at radius 3 is 2.57 bits per heavy atom. The highest BCUT2D eigenvalue weighted by Crippen LogP contribution is 2.30. The molecule has 2 aliphatic rings. The molecule has 2 aliphatic heterocycles. The summed E-state index contributed by atoms with van der Waals surface area (Å²) in [6, 6.07) is 6.34. The minimum atomic E-state index is -1.21. The number of urea groups is 1. The number of nitrogens with one attached hydrogen (secondary N) is 1. The van der Waals surface area contributed by atoms with Crippen LogP contribution in [0.3, 0.4) is 0 Å². The van der Waals surface area contributed by atoms with Crippen molar-refractivity contribution in [3.05, 3.63) is 29.8 Å². The summed E-state index contributed by atoms with van der Waals surface area (Å²) in [5.74, 6) is -0.0240. The molecule has 0 saturated carbocycles. The van der Waals surface area contributed by atoms with Gasteiger partial charge in [0, 0.05) is 19.1 Å². The number of hydrogen-bond donors (Lipinski definition) is 2. The highest BCUT2D eigenvalue weighted by Gasteiger charge is 2.49. The summed E-state index contributed by atoms with van der Waals surface area (Å²) in [6.07, 6.45) is 2.79. The third-order valence-corrected chi connectivity index (χ3v) is 5.46. The van der Waals surface area contributed by atoms with Gasteiger partial charge in [0.2, 0.25) is 5.91 Å². The number of rotatable bonds is 5. The number of hydrogen-bond acceptors (Lipinski definition) is 5. The largest absolute Gasteiger partial charge is 0.497 e. The molecule has 3 N–H and O–H groups in total. The van der Waals surface area contributed by atoms with Gasteiger partial charge in [-0.1, -0.05) is 12.1 Å². The number of halogens is 1. The van der Waals surface area contributed by atoms with E-state index in [0.29, 0.717) is 24.4 Å². The Morgan fingerprint density at radius 1 is 1.29 bits per heavy atom. The summed E-state index contributed by atoms with van der Waals surface area (Å²) in [5.41, 5.74) is 5.20. The van der Waals surface area contributed by atoms with E-state index in [1.807, 2.05) is 0 Å². The van der Waals surface area contributed by atoms with Gasteiger partial charge in [0.1, 0.15) is 17.8 Å². The van der Waals surface area contributed by atoms with E-state index in [1.165, 1.54) is 0 Å². The molecule has 2 atom stereocenters. The Kier molecular flexibility index (Phi) is 6.90. The molecule has 1 aromatic rings. The summed E-state index contributed by atoms with van der Waals surface area (Å²) in [7, 11) is 1.56. The number of amides is 4. The summed E-state index contributed by atoms with van der Waals surface area (Å²) in [6.45, 7) is 2.37. The lowest BCUT2D eigenvalue weighted by atomic mass is 9.92. The predicted molar refractivity (Wildman–Crippen MR) is 106 cm³/mol. The fourth-order valence-electron chi connectivity index (χ4n) is 3.76. The highest BCUT2D eigenvalue weighted by molar-refractivity contribution is 6.09. The number of nitrogens with two attached hydrogens (primary N) is 1. The van der Waals surface area contributed by atoms with Gasteiger partial charge in [0.25, 0.3) is 5.91 Å². The van der Waals surface area contributed by atoms with E-state index >= 15 is 0 Å². The van der Waals surface area contributed by atoms with Crippen molar-refractivity contribution in [2.45, 2.75) is 37.8 Å². The number of piperidine rings is 1. The van der Waals surface area contributed by atoms with Crippen LogP contribution >= 0.6 is 12.4 Å². The minimum Gasteiger partial charge on any atom is -0.497 e. The molecule has 0 aliphatic carbocycles. The average Bonchev–Trinajstić information content (AvgIpc) is 2.91. The summed E-state index contributed by atoms with van der Waals surface area (Å²) >= 11 is 0. The number of imide groups is 1. The maximum atomic E-state index is 13.0. The standard InChI is InChI=1S/C19H26N4O4.ClH/c1-19(13-6-8-15(27-2)9-7-13)17(25)23(18(26)21-19)12-16(24)22-10-4-3-5-14(22)11-20;/h6-9,14H,3-5,10-12,20H2,1-2H3,(H,21,26);1H. The smallest absolute Gasteiger partial charge is 0.325 e. The molecule has 2 fully saturated rings. The van der Waals surface area contributed by atoms with Gasteiger partial charge in [-0.25, -0.2) is 4.79 Å². The van der Waals surface area contributed by atoms with Crippen LogP contribution in [0.1, 0.15) is 31.7 Å². The molecule has 0 bridgehead atoms.